The third-order valence-electron chi connectivity index (χ3n) is 13.1. The minimum atomic E-state index is -1.10. The van der Waals surface area contributed by atoms with Crippen LogP contribution in [0.4, 0.5) is 0 Å². The molecule has 0 aromatic rings. The molecule has 3 unspecified atom stereocenters. The number of aliphatic hydroxyl groups is 4. The van der Waals surface area contributed by atoms with Crippen LogP contribution in [0.5, 0.6) is 0 Å². The summed E-state index contributed by atoms with van der Waals surface area (Å²) in [5.74, 6) is -0.221. The number of hydrogen-bond acceptors (Lipinski definition) is 13. The second-order valence-corrected chi connectivity index (χ2v) is 16.8. The molecule has 7 aliphatic rings. The third-order valence-corrected chi connectivity index (χ3v) is 13.1. The Morgan fingerprint density at radius 3 is 2.23 bits per heavy atom. The molecule has 13 nitrogen and oxygen atoms in total. The molecule has 7 aliphatic heterocycles. The van der Waals surface area contributed by atoms with Gasteiger partial charge in [0.25, 0.3) is 0 Å². The monoisotopic (exact) mass is 748 g/mol. The Balaban J connectivity index is 1.11. The molecule has 7 heterocycles. The van der Waals surface area contributed by atoms with Crippen molar-refractivity contribution in [3.63, 3.8) is 0 Å². The summed E-state index contributed by atoms with van der Waals surface area (Å²) in [6.45, 7) is 10.4. The van der Waals surface area contributed by atoms with Crippen LogP contribution in [0.3, 0.4) is 0 Å². The molecule has 298 valence electrons. The topological polar surface area (TPSA) is 180 Å². The second-order valence-electron chi connectivity index (χ2n) is 16.8. The lowest BCUT2D eigenvalue weighted by atomic mass is 9.81. The number of hydrogen-bond donors (Lipinski definition) is 4. The van der Waals surface area contributed by atoms with Crippen molar-refractivity contribution in [1.82, 2.24) is 0 Å². The van der Waals surface area contributed by atoms with Gasteiger partial charge in [0.2, 0.25) is 0 Å². The van der Waals surface area contributed by atoms with E-state index in [0.717, 1.165) is 30.4 Å². The SMILES string of the molecule is C=C1C2C[C@@H]3O[C@H](C[C@H](O)CO)[C@H](OC)[C@H]3CC(=O)C[C@H]3CCC4O[C@H]5[C@@H](O)[C@@H](CC(=O)CC[C@H]6CC(=C)[C@H](CC[C@@H](C[C@H]1C)O2)O6)O[C@H]5[C@@H](O)C4O3. The molecule has 7 saturated heterocycles. The number of ketones is 2. The van der Waals surface area contributed by atoms with E-state index in [4.69, 9.17) is 33.2 Å². The quantitative estimate of drug-likeness (QED) is 0.308. The fraction of sp³-hybridized carbons (Fsp3) is 0.850. The number of carbonyl (C=O) groups is 2. The lowest BCUT2D eigenvalue weighted by molar-refractivity contribution is -0.259. The van der Waals surface area contributed by atoms with Crippen molar-refractivity contribution in [2.75, 3.05) is 13.7 Å². The molecule has 7 fully saturated rings. The highest BCUT2D eigenvalue weighted by molar-refractivity contribution is 5.79. The number of fused-ring (bicyclic) bond motifs is 7. The van der Waals surface area contributed by atoms with Crippen molar-refractivity contribution in [3.05, 3.63) is 24.3 Å². The first-order chi connectivity index (χ1) is 25.4. The Morgan fingerprint density at radius 2 is 1.45 bits per heavy atom. The highest BCUT2D eigenvalue weighted by Gasteiger charge is 2.57. The Labute approximate surface area is 312 Å². The minimum Gasteiger partial charge on any atom is -0.394 e. The zero-order chi connectivity index (χ0) is 37.6. The molecule has 8 bridgehead atoms. The van der Waals surface area contributed by atoms with Crippen molar-refractivity contribution < 1.29 is 63.2 Å². The number of methoxy groups -OCH3 is 1. The molecule has 0 amide bonds. The average molecular weight is 749 g/mol. The molecule has 4 N–H and O–H groups in total. The van der Waals surface area contributed by atoms with Gasteiger partial charge in [-0.1, -0.05) is 20.1 Å². The smallest absolute Gasteiger partial charge is 0.135 e. The van der Waals surface area contributed by atoms with Gasteiger partial charge >= 0.3 is 0 Å². The van der Waals surface area contributed by atoms with Gasteiger partial charge in [-0.05, 0) is 62.0 Å². The fourth-order valence-electron chi connectivity index (χ4n) is 10.1. The lowest BCUT2D eigenvalue weighted by Crippen LogP contribution is -2.61. The van der Waals surface area contributed by atoms with Crippen LogP contribution >= 0.6 is 0 Å². The normalized spacial score (nSPS) is 47.7. The molecule has 53 heavy (non-hydrogen) atoms. The van der Waals surface area contributed by atoms with Crippen LogP contribution in [0.1, 0.15) is 90.4 Å². The summed E-state index contributed by atoms with van der Waals surface area (Å²) in [5, 5.41) is 42.6. The van der Waals surface area contributed by atoms with Gasteiger partial charge in [-0.2, -0.15) is 0 Å². The van der Waals surface area contributed by atoms with E-state index < -0.39 is 79.9 Å². The van der Waals surface area contributed by atoms with E-state index >= 15 is 0 Å². The summed E-state index contributed by atoms with van der Waals surface area (Å²) in [4.78, 5) is 27.0. The van der Waals surface area contributed by atoms with E-state index in [9.17, 15) is 30.0 Å². The van der Waals surface area contributed by atoms with E-state index in [0.29, 0.717) is 32.1 Å². The second kappa shape index (κ2) is 16.9. The Morgan fingerprint density at radius 1 is 0.736 bits per heavy atom. The molecule has 0 saturated carbocycles. The van der Waals surface area contributed by atoms with E-state index in [2.05, 4.69) is 20.1 Å². The van der Waals surface area contributed by atoms with Crippen molar-refractivity contribution in [2.45, 2.75) is 188 Å². The van der Waals surface area contributed by atoms with Crippen LogP contribution < -0.4 is 0 Å². The van der Waals surface area contributed by atoms with E-state index in [1.807, 2.05) is 0 Å². The highest BCUT2D eigenvalue weighted by Crippen LogP contribution is 2.43. The molecule has 0 radical (unpaired) electrons. The first-order valence-electron chi connectivity index (χ1n) is 19.9. The van der Waals surface area contributed by atoms with Crippen LogP contribution in [-0.4, -0.2) is 143 Å². The van der Waals surface area contributed by atoms with E-state index in [-0.39, 0.29) is 79.9 Å². The van der Waals surface area contributed by atoms with Gasteiger partial charge in [-0.15, -0.1) is 0 Å². The maximum Gasteiger partial charge on any atom is 0.135 e. The average Bonchev–Trinajstić information content (AvgIpc) is 3.76. The third kappa shape index (κ3) is 8.56. The van der Waals surface area contributed by atoms with Gasteiger partial charge in [0.15, 0.2) is 0 Å². The van der Waals surface area contributed by atoms with Crippen LogP contribution in [0.25, 0.3) is 0 Å². The Kier molecular flexibility index (Phi) is 12.6. The first kappa shape index (κ1) is 39.6. The predicted molar refractivity (Wildman–Crippen MR) is 189 cm³/mol. The van der Waals surface area contributed by atoms with Crippen LogP contribution in [0, 0.1) is 11.8 Å². The van der Waals surface area contributed by atoms with Gasteiger partial charge in [-0.25, -0.2) is 0 Å². The molecule has 0 aromatic carbocycles. The number of Topliss-reactive ketones (excluding diaryl/α,β-unsaturated/α-hetero) is 2. The molecule has 0 aromatic heterocycles. The molecular formula is C40H60O13. The summed E-state index contributed by atoms with van der Waals surface area (Å²) in [5.41, 5.74) is 2.00. The molecule has 0 spiro atoms. The first-order valence-corrected chi connectivity index (χ1v) is 19.9. The van der Waals surface area contributed by atoms with Crippen LogP contribution in [0.2, 0.25) is 0 Å². The number of ether oxygens (including phenoxy) is 7. The highest BCUT2D eigenvalue weighted by atomic mass is 16.6. The van der Waals surface area contributed by atoms with Crippen molar-refractivity contribution >= 4 is 11.6 Å². The largest absolute Gasteiger partial charge is 0.394 e. The van der Waals surface area contributed by atoms with Crippen molar-refractivity contribution in [2.24, 2.45) is 11.8 Å². The van der Waals surface area contributed by atoms with Gasteiger partial charge in [-0.3, -0.25) is 9.59 Å². The number of aliphatic hydroxyl groups excluding tert-OH is 4. The summed E-state index contributed by atoms with van der Waals surface area (Å²) < 4.78 is 44.3. The minimum absolute atomic E-state index is 0.00643. The van der Waals surface area contributed by atoms with Crippen molar-refractivity contribution in [3.8, 4) is 0 Å². The van der Waals surface area contributed by atoms with Gasteiger partial charge in [0, 0.05) is 51.6 Å². The van der Waals surface area contributed by atoms with Crippen molar-refractivity contribution in [1.29, 1.82) is 0 Å². The molecule has 18 atom stereocenters. The van der Waals surface area contributed by atoms with Gasteiger partial charge in [0.05, 0.1) is 73.8 Å². The number of rotatable bonds is 4. The summed E-state index contributed by atoms with van der Waals surface area (Å²) >= 11 is 0. The summed E-state index contributed by atoms with van der Waals surface area (Å²) in [6.07, 6.45) is -3.55. The van der Waals surface area contributed by atoms with E-state index in [1.54, 1.807) is 7.11 Å². The molecule has 7 rings (SSSR count). The fourth-order valence-corrected chi connectivity index (χ4v) is 10.1. The van der Waals surface area contributed by atoms with Crippen LogP contribution in [-0.2, 0) is 42.7 Å². The Bertz CT molecular complexity index is 1340. The van der Waals surface area contributed by atoms with E-state index in [1.165, 1.54) is 0 Å². The van der Waals surface area contributed by atoms with Gasteiger partial charge < -0.3 is 53.6 Å². The van der Waals surface area contributed by atoms with Gasteiger partial charge in [0.1, 0.15) is 42.1 Å². The standard InChI is InChI=1S/C40H60O13/c1-19-11-26-7-9-29-20(2)12-25(48-29)6-5-22(42)15-33-35(45)39-40(53-33)36(46)38-30(52-39)10-8-27(50-38)13-23(43)14-28-32(17-31(49-26)21(19)3)51-34(37(28)47-4)16-24(44)18-41/h19,24-41,44-46H,2-3,5-18H2,1,4H3/t19-,24+,25+,26+,27-,28+,29+,30?,31?,32+,33-,34-,35+,36+,37-,38?,39+,40+/m1/s1. The van der Waals surface area contributed by atoms with Crippen LogP contribution in [0.15, 0.2) is 24.3 Å². The maximum atomic E-state index is 13.9. The number of carbonyl (C=O) groups excluding carboxylic acids is 2. The zero-order valence-electron chi connectivity index (χ0n) is 31.2. The molecular weight excluding hydrogens is 688 g/mol. The summed E-state index contributed by atoms with van der Waals surface area (Å²) in [6, 6.07) is 0. The maximum absolute atomic E-state index is 13.9. The predicted octanol–water partition coefficient (Wildman–Crippen LogP) is 2.27. The zero-order valence-corrected chi connectivity index (χ0v) is 31.2. The summed E-state index contributed by atoms with van der Waals surface area (Å²) in [7, 11) is 1.58. The lowest BCUT2D eigenvalue weighted by Gasteiger charge is -2.46. The molecule has 13 heteroatoms. The molecule has 0 aliphatic carbocycles. The Hall–Kier alpha value is -1.62.